The number of hydrogen-bond acceptors (Lipinski definition) is 3. The Bertz CT molecular complexity index is 891. The van der Waals surface area contributed by atoms with Crippen LogP contribution in [0, 0.1) is 0 Å². The highest BCUT2D eigenvalue weighted by atomic mass is 35.5. The van der Waals surface area contributed by atoms with E-state index in [1.807, 2.05) is 48.5 Å². The highest BCUT2D eigenvalue weighted by Crippen LogP contribution is 2.49. The Balaban J connectivity index is 1.43. The lowest BCUT2D eigenvalue weighted by atomic mass is 9.95. The summed E-state index contributed by atoms with van der Waals surface area (Å²) in [6.07, 6.45) is 3.36. The van der Waals surface area contributed by atoms with Crippen LogP contribution in [0.1, 0.15) is 36.8 Å². The monoisotopic (exact) mass is 417 g/mol. The van der Waals surface area contributed by atoms with E-state index in [1.165, 1.54) is 0 Å². The lowest BCUT2D eigenvalue weighted by Gasteiger charge is -2.21. The molecule has 4 rings (SSSR count). The van der Waals surface area contributed by atoms with Crippen LogP contribution in [0.2, 0.25) is 5.02 Å². The molecule has 148 valence electrons. The molecule has 1 aliphatic carbocycles. The molecule has 1 saturated heterocycles. The predicted molar refractivity (Wildman–Crippen MR) is 113 cm³/mol. The average molecular weight is 418 g/mol. The van der Waals surface area contributed by atoms with E-state index in [-0.39, 0.29) is 11.2 Å². The minimum Gasteiger partial charge on any atom is -0.381 e. The van der Waals surface area contributed by atoms with Gasteiger partial charge in [-0.3, -0.25) is 9.00 Å². The highest BCUT2D eigenvalue weighted by molar-refractivity contribution is 7.84. The van der Waals surface area contributed by atoms with E-state index in [1.54, 1.807) is 0 Å². The molecule has 0 aromatic heterocycles. The zero-order valence-corrected chi connectivity index (χ0v) is 17.2. The molecule has 0 radical (unpaired) electrons. The lowest BCUT2D eigenvalue weighted by Crippen LogP contribution is -2.28. The Morgan fingerprint density at radius 1 is 1.14 bits per heavy atom. The van der Waals surface area contributed by atoms with Crippen LogP contribution in [-0.4, -0.2) is 28.6 Å². The maximum absolute atomic E-state index is 13.0. The van der Waals surface area contributed by atoms with E-state index >= 15 is 0 Å². The lowest BCUT2D eigenvalue weighted by molar-refractivity contribution is -0.118. The summed E-state index contributed by atoms with van der Waals surface area (Å²) in [4.78, 5) is 13.0. The number of hydrogen-bond donors (Lipinski definition) is 1. The number of benzene rings is 2. The van der Waals surface area contributed by atoms with Crippen molar-refractivity contribution in [1.82, 2.24) is 0 Å². The van der Waals surface area contributed by atoms with Gasteiger partial charge in [0, 0.05) is 45.7 Å². The molecule has 1 amide bonds. The molecule has 1 aliphatic heterocycles. The van der Waals surface area contributed by atoms with E-state index in [0.29, 0.717) is 24.0 Å². The highest BCUT2D eigenvalue weighted by Gasteiger charge is 2.51. The van der Waals surface area contributed by atoms with Gasteiger partial charge in [0.1, 0.15) is 0 Å². The largest absolute Gasteiger partial charge is 0.381 e. The van der Waals surface area contributed by atoms with Gasteiger partial charge in [-0.05, 0) is 61.1 Å². The van der Waals surface area contributed by atoms with Crippen molar-refractivity contribution >= 4 is 34.0 Å². The molecule has 1 atom stereocenters. The minimum absolute atomic E-state index is 0.00234. The van der Waals surface area contributed by atoms with Gasteiger partial charge in [0.2, 0.25) is 5.91 Å². The molecular formula is C22H24ClNO3S. The summed E-state index contributed by atoms with van der Waals surface area (Å²) in [5.41, 5.74) is 2.22. The van der Waals surface area contributed by atoms with Crippen molar-refractivity contribution in [3.05, 3.63) is 64.7 Å². The molecule has 1 saturated carbocycles. The SMILES string of the molecule is O=C(Nc1cccc(CS(=O)C2CCOCC2)c1)C1(c2cccc(Cl)c2)CC1. The van der Waals surface area contributed by atoms with E-state index < -0.39 is 16.2 Å². The number of carbonyl (C=O) groups excluding carboxylic acids is 1. The molecule has 6 heteroatoms. The van der Waals surface area contributed by atoms with Crippen molar-refractivity contribution in [2.45, 2.75) is 42.1 Å². The summed E-state index contributed by atoms with van der Waals surface area (Å²) >= 11 is 6.11. The summed E-state index contributed by atoms with van der Waals surface area (Å²) in [5, 5.41) is 3.90. The van der Waals surface area contributed by atoms with Gasteiger partial charge in [-0.25, -0.2) is 0 Å². The van der Waals surface area contributed by atoms with Crippen molar-refractivity contribution < 1.29 is 13.7 Å². The van der Waals surface area contributed by atoms with E-state index in [9.17, 15) is 9.00 Å². The Labute approximate surface area is 173 Å². The molecule has 2 aliphatic rings. The smallest absolute Gasteiger partial charge is 0.235 e. The van der Waals surface area contributed by atoms with Crippen molar-refractivity contribution in [2.75, 3.05) is 18.5 Å². The first-order valence-electron chi connectivity index (χ1n) is 9.68. The van der Waals surface area contributed by atoms with Gasteiger partial charge in [0.25, 0.3) is 0 Å². The van der Waals surface area contributed by atoms with Crippen LogP contribution >= 0.6 is 11.6 Å². The van der Waals surface area contributed by atoms with E-state index in [0.717, 1.165) is 42.5 Å². The summed E-state index contributed by atoms with van der Waals surface area (Å²) in [5.74, 6) is 0.505. The van der Waals surface area contributed by atoms with Crippen LogP contribution in [0.5, 0.6) is 0 Å². The fraction of sp³-hybridized carbons (Fsp3) is 0.409. The first-order valence-corrected chi connectivity index (χ1v) is 11.4. The maximum Gasteiger partial charge on any atom is 0.235 e. The maximum atomic E-state index is 13.0. The topological polar surface area (TPSA) is 55.4 Å². The minimum atomic E-state index is -0.923. The molecule has 1 N–H and O–H groups in total. The van der Waals surface area contributed by atoms with Crippen molar-refractivity contribution in [2.24, 2.45) is 0 Å². The summed E-state index contributed by atoms with van der Waals surface area (Å²) in [6.45, 7) is 1.39. The standard InChI is InChI=1S/C22H24ClNO3S/c23-18-5-2-4-17(14-18)22(9-10-22)21(25)24-19-6-1-3-16(13-19)15-28(26)20-7-11-27-12-8-20/h1-6,13-14,20H,7-12,15H2,(H,24,25). The number of nitrogens with one attached hydrogen (secondary N) is 1. The van der Waals surface area contributed by atoms with Gasteiger partial charge in [-0.1, -0.05) is 35.9 Å². The number of amides is 1. The summed E-state index contributed by atoms with van der Waals surface area (Å²) in [6, 6.07) is 15.2. The second-order valence-corrected chi connectivity index (χ2v) is 9.74. The Morgan fingerprint density at radius 2 is 1.89 bits per heavy atom. The van der Waals surface area contributed by atoms with Crippen LogP contribution < -0.4 is 5.32 Å². The van der Waals surface area contributed by atoms with Gasteiger partial charge < -0.3 is 10.1 Å². The molecule has 0 bridgehead atoms. The fourth-order valence-corrected chi connectivity index (χ4v) is 5.42. The van der Waals surface area contributed by atoms with Gasteiger partial charge >= 0.3 is 0 Å². The quantitative estimate of drug-likeness (QED) is 0.756. The number of ether oxygens (including phenoxy) is 1. The number of halogens is 1. The average Bonchev–Trinajstić information content (AvgIpc) is 3.51. The zero-order valence-electron chi connectivity index (χ0n) is 15.7. The second kappa shape index (κ2) is 8.36. The molecular weight excluding hydrogens is 394 g/mol. The fourth-order valence-electron chi connectivity index (χ4n) is 3.77. The third kappa shape index (κ3) is 4.32. The molecule has 1 heterocycles. The first kappa shape index (κ1) is 19.6. The summed E-state index contributed by atoms with van der Waals surface area (Å²) in [7, 11) is -0.923. The van der Waals surface area contributed by atoms with Crippen LogP contribution in [0.25, 0.3) is 0 Å². The van der Waals surface area contributed by atoms with Crippen LogP contribution in [0.15, 0.2) is 48.5 Å². The molecule has 2 aromatic rings. The third-order valence-electron chi connectivity index (χ3n) is 5.60. The number of rotatable bonds is 6. The normalized spacial score (nSPS) is 19.8. The molecule has 4 nitrogen and oxygen atoms in total. The molecule has 1 unspecified atom stereocenters. The van der Waals surface area contributed by atoms with Crippen molar-refractivity contribution in [3.63, 3.8) is 0 Å². The van der Waals surface area contributed by atoms with Gasteiger partial charge in [-0.15, -0.1) is 0 Å². The first-order chi connectivity index (χ1) is 13.6. The van der Waals surface area contributed by atoms with Gasteiger partial charge in [0.05, 0.1) is 5.41 Å². The third-order valence-corrected chi connectivity index (χ3v) is 7.66. The van der Waals surface area contributed by atoms with Crippen LogP contribution in [0.3, 0.4) is 0 Å². The van der Waals surface area contributed by atoms with Crippen molar-refractivity contribution in [1.29, 1.82) is 0 Å². The molecule has 2 aromatic carbocycles. The Kier molecular flexibility index (Phi) is 5.85. The molecule has 2 fully saturated rings. The van der Waals surface area contributed by atoms with E-state index in [2.05, 4.69) is 5.32 Å². The van der Waals surface area contributed by atoms with Crippen LogP contribution in [0.4, 0.5) is 5.69 Å². The zero-order chi connectivity index (χ0) is 19.6. The second-order valence-electron chi connectivity index (χ2n) is 7.58. The molecule has 28 heavy (non-hydrogen) atoms. The van der Waals surface area contributed by atoms with Gasteiger partial charge in [0.15, 0.2) is 0 Å². The Morgan fingerprint density at radius 3 is 2.61 bits per heavy atom. The number of anilines is 1. The Hall–Kier alpha value is -1.69. The predicted octanol–water partition coefficient (Wildman–Crippen LogP) is 4.44. The van der Waals surface area contributed by atoms with Crippen molar-refractivity contribution in [3.8, 4) is 0 Å². The van der Waals surface area contributed by atoms with Crippen LogP contribution in [-0.2, 0) is 31.5 Å². The van der Waals surface area contributed by atoms with Gasteiger partial charge in [-0.2, -0.15) is 0 Å². The van der Waals surface area contributed by atoms with E-state index in [4.69, 9.17) is 16.3 Å². The molecule has 0 spiro atoms. The number of carbonyl (C=O) groups is 1. The summed E-state index contributed by atoms with van der Waals surface area (Å²) < 4.78 is 18.0.